The molecule has 3 rings (SSSR count). The number of nitrogens with zero attached hydrogens (tertiary/aromatic N) is 2. The van der Waals surface area contributed by atoms with Gasteiger partial charge >= 0.3 is 5.97 Å². The molecule has 6 heteroatoms. The standard InChI is InChI=1S/C21H25ClN2O3/c22-19-9-5-4-8-18(19)21(17-6-2-1-3-7-17)24-12-10-23(11-13-24)14-15-27-16-20(25)26/h1-9,21H,10-16H2,(H,25,26)/i14D2,15D2. The van der Waals surface area contributed by atoms with Gasteiger partial charge in [-0.05, 0) is 17.2 Å². The van der Waals surface area contributed by atoms with Crippen molar-refractivity contribution in [1.82, 2.24) is 9.80 Å². The molecule has 1 fully saturated rings. The van der Waals surface area contributed by atoms with E-state index in [0.29, 0.717) is 18.1 Å². The van der Waals surface area contributed by atoms with Crippen molar-refractivity contribution in [3.8, 4) is 0 Å². The quantitative estimate of drug-likeness (QED) is 0.747. The zero-order valence-electron chi connectivity index (χ0n) is 18.8. The fraction of sp³-hybridized carbons (Fsp3) is 0.381. The Hall–Kier alpha value is -1.92. The van der Waals surface area contributed by atoms with Gasteiger partial charge in [0.25, 0.3) is 0 Å². The van der Waals surface area contributed by atoms with E-state index >= 15 is 0 Å². The first-order valence-electron chi connectivity index (χ1n) is 10.8. The Labute approximate surface area is 170 Å². The molecule has 1 saturated heterocycles. The van der Waals surface area contributed by atoms with Crippen molar-refractivity contribution in [2.24, 2.45) is 0 Å². The number of piperazine rings is 1. The van der Waals surface area contributed by atoms with Crippen LogP contribution in [0.5, 0.6) is 0 Å². The normalized spacial score (nSPS) is 20.2. The molecule has 2 aromatic carbocycles. The Morgan fingerprint density at radius 3 is 2.44 bits per heavy atom. The molecule has 1 atom stereocenters. The minimum absolute atomic E-state index is 0.122. The summed E-state index contributed by atoms with van der Waals surface area (Å²) < 4.78 is 37.1. The second kappa shape index (κ2) is 9.85. The zero-order chi connectivity index (χ0) is 22.6. The van der Waals surface area contributed by atoms with Crippen molar-refractivity contribution in [3.63, 3.8) is 0 Å². The van der Waals surface area contributed by atoms with Gasteiger partial charge in [0.2, 0.25) is 0 Å². The SMILES string of the molecule is [2H]C([2H])(OCC(=O)O)C([2H])([2H])N1CCN(C(c2ccccc2)c2ccccc2Cl)CC1. The molecule has 1 aliphatic heterocycles. The molecule has 0 aliphatic carbocycles. The second-order valence-electron chi connectivity index (χ2n) is 6.25. The fourth-order valence-corrected chi connectivity index (χ4v) is 3.44. The van der Waals surface area contributed by atoms with Crippen LogP contribution in [0.15, 0.2) is 54.6 Å². The number of benzene rings is 2. The van der Waals surface area contributed by atoms with E-state index < -0.39 is 25.6 Å². The van der Waals surface area contributed by atoms with Crippen LogP contribution in [0.3, 0.4) is 0 Å². The van der Waals surface area contributed by atoms with Crippen LogP contribution in [0.2, 0.25) is 5.02 Å². The predicted molar refractivity (Wildman–Crippen MR) is 106 cm³/mol. The molecule has 1 N–H and O–H groups in total. The van der Waals surface area contributed by atoms with Crippen LogP contribution >= 0.6 is 11.6 Å². The van der Waals surface area contributed by atoms with Crippen LogP contribution in [-0.4, -0.2) is 66.7 Å². The maximum atomic E-state index is 10.7. The summed E-state index contributed by atoms with van der Waals surface area (Å²) in [5, 5.41) is 9.39. The summed E-state index contributed by atoms with van der Waals surface area (Å²) in [6.45, 7) is -4.72. The monoisotopic (exact) mass is 392 g/mol. The van der Waals surface area contributed by atoms with Crippen LogP contribution < -0.4 is 0 Å². The van der Waals surface area contributed by atoms with Gasteiger partial charge in [0.1, 0.15) is 6.61 Å². The van der Waals surface area contributed by atoms with Crippen LogP contribution in [0.1, 0.15) is 22.7 Å². The van der Waals surface area contributed by atoms with Gasteiger partial charge in [-0.1, -0.05) is 60.1 Å². The lowest BCUT2D eigenvalue weighted by atomic mass is 9.96. The first-order chi connectivity index (χ1) is 14.6. The number of carbonyl (C=O) groups is 1. The number of hydrogen-bond acceptors (Lipinski definition) is 4. The molecule has 5 nitrogen and oxygen atoms in total. The Bertz CT molecular complexity index is 893. The average Bonchev–Trinajstić information content (AvgIpc) is 2.75. The van der Waals surface area contributed by atoms with E-state index in [2.05, 4.69) is 4.90 Å². The first kappa shape index (κ1) is 15.1. The van der Waals surface area contributed by atoms with Gasteiger partial charge in [-0.3, -0.25) is 9.80 Å². The Kier molecular flexibility index (Phi) is 5.49. The number of ether oxygens (including phenoxy) is 1. The summed E-state index contributed by atoms with van der Waals surface area (Å²) in [5.74, 6) is -1.35. The fourth-order valence-electron chi connectivity index (χ4n) is 3.21. The molecule has 0 radical (unpaired) electrons. The lowest BCUT2D eigenvalue weighted by Crippen LogP contribution is -2.48. The zero-order valence-corrected chi connectivity index (χ0v) is 15.6. The summed E-state index contributed by atoms with van der Waals surface area (Å²) >= 11 is 6.50. The Morgan fingerprint density at radius 1 is 1.11 bits per heavy atom. The molecule has 1 unspecified atom stereocenters. The average molecular weight is 393 g/mol. The van der Waals surface area contributed by atoms with Gasteiger partial charge in [0.15, 0.2) is 0 Å². The van der Waals surface area contributed by atoms with E-state index in [1.54, 1.807) is 0 Å². The highest BCUT2D eigenvalue weighted by Gasteiger charge is 2.27. The van der Waals surface area contributed by atoms with E-state index in [1.807, 2.05) is 54.6 Å². The summed E-state index contributed by atoms with van der Waals surface area (Å²) in [6.07, 6.45) is 0. The van der Waals surface area contributed by atoms with Crippen LogP contribution in [-0.2, 0) is 9.53 Å². The van der Waals surface area contributed by atoms with Crippen LogP contribution in [0.25, 0.3) is 0 Å². The third kappa shape index (κ3) is 5.53. The first-order valence-corrected chi connectivity index (χ1v) is 9.15. The Morgan fingerprint density at radius 2 is 1.78 bits per heavy atom. The molecule has 0 spiro atoms. The van der Waals surface area contributed by atoms with Crippen molar-refractivity contribution in [3.05, 3.63) is 70.7 Å². The highest BCUT2D eigenvalue weighted by Crippen LogP contribution is 2.33. The summed E-state index contributed by atoms with van der Waals surface area (Å²) in [5.41, 5.74) is 2.01. The topological polar surface area (TPSA) is 53.0 Å². The minimum atomic E-state index is -2.77. The second-order valence-corrected chi connectivity index (χ2v) is 6.66. The maximum absolute atomic E-state index is 10.7. The molecule has 0 bridgehead atoms. The van der Waals surface area contributed by atoms with Crippen molar-refractivity contribution in [1.29, 1.82) is 0 Å². The van der Waals surface area contributed by atoms with Gasteiger partial charge in [-0.15, -0.1) is 0 Å². The molecule has 27 heavy (non-hydrogen) atoms. The van der Waals surface area contributed by atoms with Gasteiger partial charge in [0, 0.05) is 40.4 Å². The minimum Gasteiger partial charge on any atom is -0.480 e. The van der Waals surface area contributed by atoms with Crippen molar-refractivity contribution < 1.29 is 20.1 Å². The van der Waals surface area contributed by atoms with Gasteiger partial charge in [0.05, 0.1) is 15.3 Å². The molecule has 1 aliphatic rings. The van der Waals surface area contributed by atoms with E-state index in [0.717, 1.165) is 11.1 Å². The molecular weight excluding hydrogens is 364 g/mol. The lowest BCUT2D eigenvalue weighted by molar-refractivity contribution is -0.142. The molecule has 0 aromatic heterocycles. The number of carboxylic acids is 1. The summed E-state index contributed by atoms with van der Waals surface area (Å²) in [4.78, 5) is 14.3. The van der Waals surface area contributed by atoms with Gasteiger partial charge in [-0.25, -0.2) is 4.79 Å². The van der Waals surface area contributed by atoms with Crippen LogP contribution in [0.4, 0.5) is 0 Å². The highest BCUT2D eigenvalue weighted by atomic mass is 35.5. The van der Waals surface area contributed by atoms with Crippen molar-refractivity contribution in [2.45, 2.75) is 6.04 Å². The maximum Gasteiger partial charge on any atom is 0.329 e. The van der Waals surface area contributed by atoms with Crippen molar-refractivity contribution >= 4 is 17.6 Å². The summed E-state index contributed by atoms with van der Waals surface area (Å²) in [6, 6.07) is 17.4. The van der Waals surface area contributed by atoms with E-state index in [1.165, 1.54) is 4.90 Å². The van der Waals surface area contributed by atoms with E-state index in [4.69, 9.17) is 26.9 Å². The number of rotatable bonds is 8. The van der Waals surface area contributed by atoms with Crippen molar-refractivity contribution in [2.75, 3.05) is 45.8 Å². The van der Waals surface area contributed by atoms with Gasteiger partial charge in [-0.2, -0.15) is 0 Å². The smallest absolute Gasteiger partial charge is 0.329 e. The third-order valence-corrected chi connectivity index (χ3v) is 4.81. The predicted octanol–water partition coefficient (Wildman–Crippen LogP) is 3.15. The molecule has 1 heterocycles. The molecule has 144 valence electrons. The number of halogens is 1. The number of aliphatic carboxylic acids is 1. The highest BCUT2D eigenvalue weighted by molar-refractivity contribution is 6.31. The molecule has 2 aromatic rings. The Balaban J connectivity index is 1.78. The molecule has 0 amide bonds. The third-order valence-electron chi connectivity index (χ3n) is 4.47. The largest absolute Gasteiger partial charge is 0.480 e. The number of carboxylic acid groups (broad SMARTS) is 1. The summed E-state index contributed by atoms with van der Waals surface area (Å²) in [7, 11) is 0. The molecular formula is C21H25ClN2O3. The van der Waals surface area contributed by atoms with E-state index in [9.17, 15) is 4.79 Å². The lowest BCUT2D eigenvalue weighted by Gasteiger charge is -2.40. The number of hydrogen-bond donors (Lipinski definition) is 1. The van der Waals surface area contributed by atoms with E-state index in [-0.39, 0.29) is 19.1 Å². The van der Waals surface area contributed by atoms with Gasteiger partial charge < -0.3 is 9.84 Å². The molecule has 0 saturated carbocycles. The van der Waals surface area contributed by atoms with Crippen LogP contribution in [0, 0.1) is 0 Å².